The van der Waals surface area contributed by atoms with Crippen LogP contribution in [-0.2, 0) is 22.6 Å². The van der Waals surface area contributed by atoms with Gasteiger partial charge in [-0.2, -0.15) is 5.26 Å². The molecule has 5 rings (SSSR count). The maximum absolute atomic E-state index is 15.2. The van der Waals surface area contributed by atoms with E-state index in [1.165, 1.54) is 43.5 Å². The highest BCUT2D eigenvalue weighted by atomic mass is 19.1. The van der Waals surface area contributed by atoms with E-state index in [1.807, 2.05) is 6.07 Å². The van der Waals surface area contributed by atoms with Gasteiger partial charge in [-0.25, -0.2) is 18.6 Å². The van der Waals surface area contributed by atoms with Crippen LogP contribution in [0.25, 0.3) is 11.3 Å². The standard InChI is InChI=1S/C34H29F3N4O4/c1-44-33(43)24-9-10-29(39-20-34(19-35)11-12-34)30(15-24)40-31(42)16-22-7-8-23(14-27(22)37)28-3-2-4-32(41-28)45-18-25-6-5-21(17-38)13-26(25)36/h2-10,13-15,39H,11-12,16,18-20H2,1H3,(H,40,42). The Morgan fingerprint density at radius 3 is 2.44 bits per heavy atom. The fourth-order valence-corrected chi connectivity index (χ4v) is 4.62. The highest BCUT2D eigenvalue weighted by molar-refractivity contribution is 5.98. The summed E-state index contributed by atoms with van der Waals surface area (Å²) in [7, 11) is 1.24. The Hall–Kier alpha value is -5.37. The summed E-state index contributed by atoms with van der Waals surface area (Å²) in [6.07, 6.45) is 1.23. The molecule has 1 aliphatic rings. The molecule has 0 bridgehead atoms. The Morgan fingerprint density at radius 1 is 0.978 bits per heavy atom. The number of hydrogen-bond donors (Lipinski definition) is 2. The number of pyridine rings is 1. The first-order chi connectivity index (χ1) is 21.7. The Labute approximate surface area is 257 Å². The zero-order valence-electron chi connectivity index (χ0n) is 24.3. The molecule has 0 unspecified atom stereocenters. The summed E-state index contributed by atoms with van der Waals surface area (Å²) in [5.74, 6) is -2.12. The average Bonchev–Trinajstić information content (AvgIpc) is 3.84. The molecule has 1 aliphatic carbocycles. The van der Waals surface area contributed by atoms with Crippen molar-refractivity contribution in [3.05, 3.63) is 107 Å². The molecule has 1 aromatic heterocycles. The topological polar surface area (TPSA) is 113 Å². The molecule has 2 N–H and O–H groups in total. The number of benzene rings is 3. The molecular formula is C34H29F3N4O4. The van der Waals surface area contributed by atoms with Gasteiger partial charge in [0.2, 0.25) is 11.8 Å². The van der Waals surface area contributed by atoms with Gasteiger partial charge in [0.15, 0.2) is 0 Å². The fourth-order valence-electron chi connectivity index (χ4n) is 4.62. The Morgan fingerprint density at radius 2 is 1.76 bits per heavy atom. The van der Waals surface area contributed by atoms with Crippen molar-refractivity contribution < 1.29 is 32.2 Å². The minimum Gasteiger partial charge on any atom is -0.473 e. The number of nitrogens with zero attached hydrogens (tertiary/aromatic N) is 2. The van der Waals surface area contributed by atoms with Crippen molar-refractivity contribution in [1.82, 2.24) is 4.98 Å². The number of anilines is 2. The summed E-state index contributed by atoms with van der Waals surface area (Å²) in [6.45, 7) is -0.206. The van der Waals surface area contributed by atoms with Crippen LogP contribution in [0.2, 0.25) is 0 Å². The number of nitrogens with one attached hydrogen (secondary N) is 2. The first-order valence-electron chi connectivity index (χ1n) is 14.1. The highest BCUT2D eigenvalue weighted by Gasteiger charge is 2.42. The van der Waals surface area contributed by atoms with E-state index < -0.39 is 35.6 Å². The Bertz CT molecular complexity index is 1790. The van der Waals surface area contributed by atoms with E-state index in [0.717, 1.165) is 18.9 Å². The van der Waals surface area contributed by atoms with E-state index >= 15 is 4.39 Å². The number of carbonyl (C=O) groups is 2. The van der Waals surface area contributed by atoms with E-state index in [9.17, 15) is 18.4 Å². The van der Waals surface area contributed by atoms with Crippen LogP contribution in [0.3, 0.4) is 0 Å². The van der Waals surface area contributed by atoms with Gasteiger partial charge in [0.25, 0.3) is 0 Å². The number of nitriles is 1. The molecule has 45 heavy (non-hydrogen) atoms. The lowest BCUT2D eigenvalue weighted by Crippen LogP contribution is -2.20. The number of esters is 1. The van der Waals surface area contributed by atoms with Gasteiger partial charge >= 0.3 is 5.97 Å². The second-order valence-corrected chi connectivity index (χ2v) is 10.8. The lowest BCUT2D eigenvalue weighted by molar-refractivity contribution is -0.115. The summed E-state index contributed by atoms with van der Waals surface area (Å²) < 4.78 is 53.2. The molecule has 0 saturated heterocycles. The average molecular weight is 615 g/mol. The maximum Gasteiger partial charge on any atom is 0.337 e. The van der Waals surface area contributed by atoms with Crippen molar-refractivity contribution in [3.63, 3.8) is 0 Å². The third-order valence-corrected chi connectivity index (χ3v) is 7.59. The largest absolute Gasteiger partial charge is 0.473 e. The first kappa shape index (κ1) is 31.1. The predicted octanol–water partition coefficient (Wildman–Crippen LogP) is 6.61. The van der Waals surface area contributed by atoms with Gasteiger partial charge < -0.3 is 20.1 Å². The molecule has 0 aliphatic heterocycles. The number of methoxy groups -OCH3 is 1. The Balaban J connectivity index is 1.26. The van der Waals surface area contributed by atoms with E-state index in [4.69, 9.17) is 14.7 Å². The summed E-state index contributed by atoms with van der Waals surface area (Å²) in [4.78, 5) is 29.5. The molecule has 4 aromatic rings. The normalized spacial score (nSPS) is 13.0. The van der Waals surface area contributed by atoms with E-state index in [0.29, 0.717) is 23.5 Å². The molecule has 1 saturated carbocycles. The highest BCUT2D eigenvalue weighted by Crippen LogP contribution is 2.46. The third-order valence-electron chi connectivity index (χ3n) is 7.59. The van der Waals surface area contributed by atoms with Gasteiger partial charge in [0.1, 0.15) is 18.2 Å². The number of hydrogen-bond acceptors (Lipinski definition) is 7. The van der Waals surface area contributed by atoms with E-state index in [-0.39, 0.29) is 46.8 Å². The van der Waals surface area contributed by atoms with Gasteiger partial charge in [0, 0.05) is 29.2 Å². The summed E-state index contributed by atoms with van der Waals surface area (Å²) in [5, 5.41) is 14.8. The molecule has 3 aromatic carbocycles. The molecule has 0 atom stereocenters. The van der Waals surface area contributed by atoms with Crippen LogP contribution in [0.4, 0.5) is 24.5 Å². The van der Waals surface area contributed by atoms with E-state index in [2.05, 4.69) is 15.6 Å². The zero-order valence-corrected chi connectivity index (χ0v) is 24.3. The smallest absolute Gasteiger partial charge is 0.337 e. The van der Waals surface area contributed by atoms with Gasteiger partial charge in [-0.3, -0.25) is 9.18 Å². The molecule has 0 radical (unpaired) electrons. The molecule has 1 amide bonds. The van der Waals surface area contributed by atoms with Crippen LogP contribution in [0.15, 0.2) is 72.8 Å². The third kappa shape index (κ3) is 7.59. The number of aromatic nitrogens is 1. The number of ether oxygens (including phenoxy) is 2. The SMILES string of the molecule is COC(=O)c1ccc(NCC2(CF)CC2)c(NC(=O)Cc2ccc(-c3cccc(OCc4ccc(C#N)cc4F)n3)cc2F)c1. The van der Waals surface area contributed by atoms with Gasteiger partial charge in [-0.05, 0) is 60.9 Å². The molecule has 1 fully saturated rings. The quantitative estimate of drug-likeness (QED) is 0.173. The number of alkyl halides is 1. The first-order valence-corrected chi connectivity index (χ1v) is 14.1. The monoisotopic (exact) mass is 614 g/mol. The molecule has 8 nitrogen and oxygen atoms in total. The van der Waals surface area contributed by atoms with Crippen LogP contribution < -0.4 is 15.4 Å². The fraction of sp³-hybridized carbons (Fsp3) is 0.235. The second kappa shape index (κ2) is 13.5. The zero-order chi connectivity index (χ0) is 32.0. The van der Waals surface area contributed by atoms with Crippen molar-refractivity contribution in [3.8, 4) is 23.2 Å². The van der Waals surface area contributed by atoms with Gasteiger partial charge in [-0.1, -0.05) is 24.3 Å². The Kier molecular flexibility index (Phi) is 9.33. The summed E-state index contributed by atoms with van der Waals surface area (Å²) in [6, 6.07) is 19.8. The van der Waals surface area contributed by atoms with Crippen molar-refractivity contribution in [2.45, 2.75) is 25.9 Å². The number of amides is 1. The van der Waals surface area contributed by atoms with Crippen LogP contribution >= 0.6 is 0 Å². The predicted molar refractivity (Wildman–Crippen MR) is 161 cm³/mol. The van der Waals surface area contributed by atoms with Gasteiger partial charge in [-0.15, -0.1) is 0 Å². The molecular weight excluding hydrogens is 585 g/mol. The number of carbonyl (C=O) groups excluding carboxylic acids is 2. The van der Waals surface area contributed by atoms with E-state index in [1.54, 1.807) is 30.3 Å². The van der Waals surface area contributed by atoms with Crippen molar-refractivity contribution in [2.75, 3.05) is 31.0 Å². The number of rotatable bonds is 12. The van der Waals surface area contributed by atoms with Crippen molar-refractivity contribution in [2.24, 2.45) is 5.41 Å². The maximum atomic E-state index is 15.2. The molecule has 230 valence electrons. The van der Waals surface area contributed by atoms with Crippen molar-refractivity contribution >= 4 is 23.3 Å². The van der Waals surface area contributed by atoms with Crippen LogP contribution in [-0.4, -0.2) is 37.2 Å². The lowest BCUT2D eigenvalue weighted by atomic mass is 10.0. The minimum absolute atomic E-state index is 0.118. The van der Waals surface area contributed by atoms with Crippen molar-refractivity contribution in [1.29, 1.82) is 5.26 Å². The number of halogens is 3. The van der Waals surface area contributed by atoms with Crippen LogP contribution in [0.1, 0.15) is 39.9 Å². The molecule has 0 spiro atoms. The second-order valence-electron chi connectivity index (χ2n) is 10.8. The lowest BCUT2D eigenvalue weighted by Gasteiger charge is -2.17. The summed E-state index contributed by atoms with van der Waals surface area (Å²) in [5.41, 5.74) is 2.00. The van der Waals surface area contributed by atoms with Crippen LogP contribution in [0.5, 0.6) is 5.88 Å². The summed E-state index contributed by atoms with van der Waals surface area (Å²) >= 11 is 0. The minimum atomic E-state index is -0.629. The van der Waals surface area contributed by atoms with Gasteiger partial charge in [0.05, 0.1) is 54.5 Å². The van der Waals surface area contributed by atoms with Crippen LogP contribution in [0, 0.1) is 28.4 Å². The molecule has 1 heterocycles. The molecule has 11 heteroatoms.